The Balaban J connectivity index is 2.17. The number of carboxylic acid groups (broad SMARTS) is 2. The SMILES string of the molecule is O=C(O)C=Cc1ccc(O[C@@H]2O[C@H](C(=O)O)[C@@H](O)[C@H](O)[C@H]2O)c(O)c1. The maximum absolute atomic E-state index is 11.0. The number of hydrogen-bond donors (Lipinski definition) is 6. The Bertz CT molecular complexity index is 685. The van der Waals surface area contributed by atoms with Gasteiger partial charge in [0.1, 0.15) is 18.3 Å². The van der Waals surface area contributed by atoms with Gasteiger partial charge >= 0.3 is 11.9 Å². The molecule has 0 spiro atoms. The second kappa shape index (κ2) is 7.49. The van der Waals surface area contributed by atoms with Gasteiger partial charge in [-0.25, -0.2) is 9.59 Å². The first-order valence-corrected chi connectivity index (χ1v) is 7.04. The van der Waals surface area contributed by atoms with Crippen LogP contribution in [0.4, 0.5) is 0 Å². The number of aliphatic hydroxyl groups is 3. The molecule has 1 fully saturated rings. The maximum Gasteiger partial charge on any atom is 0.335 e. The number of rotatable bonds is 5. The fraction of sp³-hybridized carbons (Fsp3) is 0.333. The van der Waals surface area contributed by atoms with Crippen molar-refractivity contribution in [3.8, 4) is 11.5 Å². The number of hydrogen-bond acceptors (Lipinski definition) is 8. The molecule has 0 saturated carbocycles. The van der Waals surface area contributed by atoms with Gasteiger partial charge in [0.15, 0.2) is 17.6 Å². The van der Waals surface area contributed by atoms with Crippen LogP contribution in [-0.2, 0) is 14.3 Å². The molecule has 0 amide bonds. The van der Waals surface area contributed by atoms with Crippen LogP contribution in [0.25, 0.3) is 6.08 Å². The monoisotopic (exact) mass is 356 g/mol. The standard InChI is InChI=1S/C15H16O10/c16-7-5-6(2-4-9(17)18)1-3-8(7)24-15-12(21)10(19)11(20)13(25-15)14(22)23/h1-5,10-13,15-16,19-21H,(H,17,18)(H,22,23)/t10-,11-,12+,13-,15+/m0/s1. The molecule has 25 heavy (non-hydrogen) atoms. The van der Waals surface area contributed by atoms with Gasteiger partial charge < -0.3 is 40.1 Å². The first-order chi connectivity index (χ1) is 11.7. The van der Waals surface area contributed by atoms with Gasteiger partial charge in [-0.15, -0.1) is 0 Å². The molecule has 0 unspecified atom stereocenters. The van der Waals surface area contributed by atoms with Crippen LogP contribution in [0.1, 0.15) is 5.56 Å². The summed E-state index contributed by atoms with van der Waals surface area (Å²) in [6.07, 6.45) is -6.87. The molecule has 5 atom stereocenters. The minimum absolute atomic E-state index is 0.204. The van der Waals surface area contributed by atoms with E-state index in [2.05, 4.69) is 0 Å². The number of phenols is 1. The van der Waals surface area contributed by atoms with Crippen LogP contribution in [0.3, 0.4) is 0 Å². The first kappa shape index (κ1) is 18.7. The molecule has 0 radical (unpaired) electrons. The Morgan fingerprint density at radius 1 is 1.08 bits per heavy atom. The second-order valence-corrected chi connectivity index (χ2v) is 5.25. The van der Waals surface area contributed by atoms with E-state index in [4.69, 9.17) is 19.7 Å². The molecule has 1 aliphatic heterocycles. The number of aliphatic carboxylic acids is 2. The molecule has 1 aromatic carbocycles. The molecule has 10 heteroatoms. The quantitative estimate of drug-likeness (QED) is 0.350. The minimum Gasteiger partial charge on any atom is -0.504 e. The van der Waals surface area contributed by atoms with Crippen molar-refractivity contribution in [1.29, 1.82) is 0 Å². The normalized spacial score (nSPS) is 29.5. The summed E-state index contributed by atoms with van der Waals surface area (Å²) in [7, 11) is 0. The molecule has 1 aliphatic rings. The summed E-state index contributed by atoms with van der Waals surface area (Å²) in [6.45, 7) is 0. The van der Waals surface area contributed by atoms with Crippen molar-refractivity contribution in [2.24, 2.45) is 0 Å². The second-order valence-electron chi connectivity index (χ2n) is 5.25. The Kier molecular flexibility index (Phi) is 5.59. The lowest BCUT2D eigenvalue weighted by molar-refractivity contribution is -0.271. The predicted octanol–water partition coefficient (Wildman–Crippen LogP) is -1.24. The molecule has 0 aromatic heterocycles. The summed E-state index contributed by atoms with van der Waals surface area (Å²) in [5, 5.41) is 56.5. The third-order valence-corrected chi connectivity index (χ3v) is 3.46. The lowest BCUT2D eigenvalue weighted by Crippen LogP contribution is -2.61. The smallest absolute Gasteiger partial charge is 0.335 e. The molecule has 10 nitrogen and oxygen atoms in total. The van der Waals surface area contributed by atoms with Crippen molar-refractivity contribution in [3.05, 3.63) is 29.8 Å². The van der Waals surface area contributed by atoms with E-state index >= 15 is 0 Å². The zero-order valence-electron chi connectivity index (χ0n) is 12.6. The maximum atomic E-state index is 11.0. The molecule has 0 aliphatic carbocycles. The van der Waals surface area contributed by atoms with Crippen molar-refractivity contribution < 1.29 is 49.7 Å². The Morgan fingerprint density at radius 3 is 2.32 bits per heavy atom. The third-order valence-electron chi connectivity index (χ3n) is 3.46. The van der Waals surface area contributed by atoms with E-state index in [1.807, 2.05) is 0 Å². The topological polar surface area (TPSA) is 174 Å². The van der Waals surface area contributed by atoms with Gasteiger partial charge in [0.05, 0.1) is 0 Å². The van der Waals surface area contributed by atoms with Gasteiger partial charge in [0, 0.05) is 6.08 Å². The van der Waals surface area contributed by atoms with Gasteiger partial charge in [-0.3, -0.25) is 0 Å². The number of phenolic OH excluding ortho intramolecular Hbond substituents is 1. The highest BCUT2D eigenvalue weighted by molar-refractivity contribution is 5.85. The average Bonchev–Trinajstić information content (AvgIpc) is 2.54. The van der Waals surface area contributed by atoms with E-state index in [1.165, 1.54) is 24.3 Å². The summed E-state index contributed by atoms with van der Waals surface area (Å²) in [5.41, 5.74) is 0.344. The Labute approximate surface area is 140 Å². The number of aliphatic hydroxyl groups excluding tert-OH is 3. The summed E-state index contributed by atoms with van der Waals surface area (Å²) in [5.74, 6) is -3.38. The first-order valence-electron chi connectivity index (χ1n) is 7.04. The van der Waals surface area contributed by atoms with Crippen LogP contribution >= 0.6 is 0 Å². The zero-order valence-corrected chi connectivity index (χ0v) is 12.6. The van der Waals surface area contributed by atoms with E-state index in [1.54, 1.807) is 0 Å². The van der Waals surface area contributed by atoms with Gasteiger partial charge in [-0.05, 0) is 23.8 Å². The molecule has 0 bridgehead atoms. The van der Waals surface area contributed by atoms with Crippen molar-refractivity contribution >= 4 is 18.0 Å². The van der Waals surface area contributed by atoms with Gasteiger partial charge in [-0.1, -0.05) is 6.07 Å². The van der Waals surface area contributed by atoms with E-state index in [0.29, 0.717) is 5.56 Å². The highest BCUT2D eigenvalue weighted by atomic mass is 16.7. The molecule has 1 aromatic rings. The number of carbonyl (C=O) groups is 2. The highest BCUT2D eigenvalue weighted by Gasteiger charge is 2.48. The summed E-state index contributed by atoms with van der Waals surface area (Å²) >= 11 is 0. The zero-order chi connectivity index (χ0) is 18.7. The molecule has 2 rings (SSSR count). The lowest BCUT2D eigenvalue weighted by atomic mass is 9.99. The van der Waals surface area contributed by atoms with Crippen molar-refractivity contribution in [3.63, 3.8) is 0 Å². The van der Waals surface area contributed by atoms with Gasteiger partial charge in [0.2, 0.25) is 6.29 Å². The van der Waals surface area contributed by atoms with E-state index in [-0.39, 0.29) is 5.75 Å². The van der Waals surface area contributed by atoms with E-state index < -0.39 is 48.4 Å². The molecule has 136 valence electrons. The van der Waals surface area contributed by atoms with E-state index in [9.17, 15) is 30.0 Å². The number of ether oxygens (including phenoxy) is 2. The van der Waals surface area contributed by atoms with E-state index in [0.717, 1.165) is 6.08 Å². The highest BCUT2D eigenvalue weighted by Crippen LogP contribution is 2.31. The Morgan fingerprint density at radius 2 is 1.76 bits per heavy atom. The molecular formula is C15H16O10. The van der Waals surface area contributed by atoms with Crippen LogP contribution < -0.4 is 4.74 Å². The fourth-order valence-corrected chi connectivity index (χ4v) is 2.18. The van der Waals surface area contributed by atoms with Crippen molar-refractivity contribution in [1.82, 2.24) is 0 Å². The minimum atomic E-state index is -1.86. The molecular weight excluding hydrogens is 340 g/mol. The number of carboxylic acids is 2. The summed E-state index contributed by atoms with van der Waals surface area (Å²) < 4.78 is 10.1. The number of aromatic hydroxyl groups is 1. The van der Waals surface area contributed by atoms with Crippen molar-refractivity contribution in [2.75, 3.05) is 0 Å². The van der Waals surface area contributed by atoms with Crippen LogP contribution in [0, 0.1) is 0 Å². The van der Waals surface area contributed by atoms with Crippen LogP contribution in [0.2, 0.25) is 0 Å². The summed E-state index contributed by atoms with van der Waals surface area (Å²) in [6, 6.07) is 3.80. The van der Waals surface area contributed by atoms with Gasteiger partial charge in [-0.2, -0.15) is 0 Å². The van der Waals surface area contributed by atoms with Crippen LogP contribution in [-0.4, -0.2) is 73.3 Å². The Hall–Kier alpha value is -2.66. The predicted molar refractivity (Wildman–Crippen MR) is 79.7 cm³/mol. The van der Waals surface area contributed by atoms with Gasteiger partial charge in [0.25, 0.3) is 0 Å². The molecule has 1 saturated heterocycles. The third kappa shape index (κ3) is 4.25. The molecule has 1 heterocycles. The largest absolute Gasteiger partial charge is 0.504 e. The van der Waals surface area contributed by atoms with Crippen LogP contribution in [0.15, 0.2) is 24.3 Å². The number of benzene rings is 1. The average molecular weight is 356 g/mol. The van der Waals surface area contributed by atoms with Crippen LogP contribution in [0.5, 0.6) is 11.5 Å². The summed E-state index contributed by atoms with van der Waals surface area (Å²) in [4.78, 5) is 21.5. The lowest BCUT2D eigenvalue weighted by Gasteiger charge is -2.38. The molecule has 6 N–H and O–H groups in total. The fourth-order valence-electron chi connectivity index (χ4n) is 2.18. The van der Waals surface area contributed by atoms with Crippen molar-refractivity contribution in [2.45, 2.75) is 30.7 Å².